The van der Waals surface area contributed by atoms with Crippen LogP contribution in [0.25, 0.3) is 16.8 Å². The molecule has 90 valence electrons. The Morgan fingerprint density at radius 1 is 1.28 bits per heavy atom. The molecule has 0 radical (unpaired) electrons. The Morgan fingerprint density at radius 2 is 2.06 bits per heavy atom. The summed E-state index contributed by atoms with van der Waals surface area (Å²) in [6, 6.07) is 7.84. The fourth-order valence-electron chi connectivity index (χ4n) is 1.97. The quantitative estimate of drug-likeness (QED) is 0.711. The van der Waals surface area contributed by atoms with Gasteiger partial charge in [-0.3, -0.25) is 9.89 Å². The summed E-state index contributed by atoms with van der Waals surface area (Å²) in [6.07, 6.45) is 1.58. The molecule has 2 heterocycles. The molecular formula is C13H10FN3O. The van der Waals surface area contributed by atoms with E-state index in [1.165, 1.54) is 16.6 Å². The van der Waals surface area contributed by atoms with E-state index in [9.17, 15) is 9.18 Å². The number of H-pyrrole nitrogens is 1. The lowest BCUT2D eigenvalue weighted by Crippen LogP contribution is -2.14. The van der Waals surface area contributed by atoms with Gasteiger partial charge in [0, 0.05) is 29.1 Å². The third-order valence-corrected chi connectivity index (χ3v) is 2.79. The molecule has 0 spiro atoms. The number of hydrogen-bond acceptors (Lipinski definition) is 2. The van der Waals surface area contributed by atoms with Crippen molar-refractivity contribution in [1.29, 1.82) is 0 Å². The van der Waals surface area contributed by atoms with Crippen LogP contribution in [-0.4, -0.2) is 14.6 Å². The van der Waals surface area contributed by atoms with Gasteiger partial charge in [0.25, 0.3) is 5.56 Å². The minimum Gasteiger partial charge on any atom is -0.296 e. The van der Waals surface area contributed by atoms with Crippen molar-refractivity contribution < 1.29 is 4.39 Å². The van der Waals surface area contributed by atoms with Crippen LogP contribution in [0.15, 0.2) is 41.3 Å². The minimum absolute atomic E-state index is 0.208. The molecule has 0 aliphatic heterocycles. The Hall–Kier alpha value is -2.43. The van der Waals surface area contributed by atoms with Crippen LogP contribution in [-0.2, 0) is 0 Å². The first-order chi connectivity index (χ1) is 8.66. The van der Waals surface area contributed by atoms with E-state index in [2.05, 4.69) is 10.1 Å². The number of benzene rings is 1. The SMILES string of the molecule is Cc1cc(=O)n2[nH]cc(-c3ccccc3F)c2n1. The second-order valence-corrected chi connectivity index (χ2v) is 4.06. The number of aryl methyl sites for hydroxylation is 1. The van der Waals surface area contributed by atoms with Crippen molar-refractivity contribution in [2.75, 3.05) is 0 Å². The molecule has 5 heteroatoms. The van der Waals surface area contributed by atoms with Gasteiger partial charge in [-0.05, 0) is 13.0 Å². The maximum Gasteiger partial charge on any atom is 0.272 e. The first kappa shape index (κ1) is 10.7. The van der Waals surface area contributed by atoms with Gasteiger partial charge in [0.1, 0.15) is 5.82 Å². The van der Waals surface area contributed by atoms with Gasteiger partial charge < -0.3 is 0 Å². The molecular weight excluding hydrogens is 233 g/mol. The van der Waals surface area contributed by atoms with Crippen LogP contribution in [0.2, 0.25) is 0 Å². The largest absolute Gasteiger partial charge is 0.296 e. The van der Waals surface area contributed by atoms with Gasteiger partial charge in [-0.25, -0.2) is 13.9 Å². The van der Waals surface area contributed by atoms with Gasteiger partial charge in [0.2, 0.25) is 0 Å². The van der Waals surface area contributed by atoms with Crippen molar-refractivity contribution in [3.05, 3.63) is 58.4 Å². The molecule has 0 amide bonds. The van der Waals surface area contributed by atoms with Crippen LogP contribution in [0.1, 0.15) is 5.69 Å². The smallest absolute Gasteiger partial charge is 0.272 e. The first-order valence-corrected chi connectivity index (χ1v) is 5.49. The van der Waals surface area contributed by atoms with Crippen molar-refractivity contribution in [2.24, 2.45) is 0 Å². The number of halogens is 1. The summed E-state index contributed by atoms with van der Waals surface area (Å²) in [4.78, 5) is 16.0. The Balaban J connectivity index is 2.38. The number of rotatable bonds is 1. The molecule has 18 heavy (non-hydrogen) atoms. The third-order valence-electron chi connectivity index (χ3n) is 2.79. The van der Waals surface area contributed by atoms with Crippen LogP contribution in [0, 0.1) is 12.7 Å². The van der Waals surface area contributed by atoms with E-state index < -0.39 is 0 Å². The fraction of sp³-hybridized carbons (Fsp3) is 0.0769. The van der Waals surface area contributed by atoms with E-state index >= 15 is 0 Å². The van der Waals surface area contributed by atoms with Gasteiger partial charge in [-0.1, -0.05) is 18.2 Å². The molecule has 0 saturated carbocycles. The van der Waals surface area contributed by atoms with Gasteiger partial charge >= 0.3 is 0 Å². The number of aromatic amines is 1. The van der Waals surface area contributed by atoms with Crippen molar-refractivity contribution in [1.82, 2.24) is 14.6 Å². The van der Waals surface area contributed by atoms with Gasteiger partial charge in [-0.15, -0.1) is 0 Å². The average molecular weight is 243 g/mol. The Kier molecular flexibility index (Phi) is 2.26. The zero-order valence-electron chi connectivity index (χ0n) is 9.64. The molecule has 0 unspecified atom stereocenters. The van der Waals surface area contributed by atoms with Crippen molar-refractivity contribution in [2.45, 2.75) is 6.92 Å². The predicted octanol–water partition coefficient (Wildman–Crippen LogP) is 2.14. The van der Waals surface area contributed by atoms with Crippen LogP contribution in [0.4, 0.5) is 4.39 Å². The summed E-state index contributed by atoms with van der Waals surface area (Å²) in [6.45, 7) is 1.74. The Morgan fingerprint density at radius 3 is 2.83 bits per heavy atom. The van der Waals surface area contributed by atoms with E-state index in [-0.39, 0.29) is 11.4 Å². The standard InChI is InChI=1S/C13H10FN3O/c1-8-6-12(18)17-13(16-8)10(7-15-17)9-4-2-3-5-11(9)14/h2-7,15H,1H3. The molecule has 4 nitrogen and oxygen atoms in total. The highest BCUT2D eigenvalue weighted by molar-refractivity contribution is 5.77. The van der Waals surface area contributed by atoms with Gasteiger partial charge in [0.05, 0.1) is 0 Å². The van der Waals surface area contributed by atoms with E-state index in [1.807, 2.05) is 0 Å². The molecule has 1 aromatic carbocycles. The second kappa shape index (κ2) is 3.80. The van der Waals surface area contributed by atoms with Gasteiger partial charge in [-0.2, -0.15) is 0 Å². The summed E-state index contributed by atoms with van der Waals surface area (Å²) in [5, 5.41) is 2.78. The Labute approximate surface area is 102 Å². The normalized spacial score (nSPS) is 11.0. The van der Waals surface area contributed by atoms with E-state index in [4.69, 9.17) is 0 Å². The van der Waals surface area contributed by atoms with Crippen LogP contribution < -0.4 is 5.56 Å². The highest BCUT2D eigenvalue weighted by atomic mass is 19.1. The monoisotopic (exact) mass is 243 g/mol. The summed E-state index contributed by atoms with van der Waals surface area (Å²) in [5.74, 6) is -0.338. The summed E-state index contributed by atoms with van der Waals surface area (Å²) in [5.41, 5.74) is 1.84. The lowest BCUT2D eigenvalue weighted by Gasteiger charge is -2.00. The molecule has 0 saturated heterocycles. The van der Waals surface area contributed by atoms with E-state index in [0.717, 1.165) is 0 Å². The van der Waals surface area contributed by atoms with Crippen LogP contribution in [0.5, 0.6) is 0 Å². The maximum absolute atomic E-state index is 13.8. The molecule has 3 rings (SSSR count). The Bertz CT molecular complexity index is 788. The number of nitrogens with one attached hydrogen (secondary N) is 1. The van der Waals surface area contributed by atoms with Crippen molar-refractivity contribution in [3.8, 4) is 11.1 Å². The summed E-state index contributed by atoms with van der Waals surface area (Å²) < 4.78 is 15.1. The van der Waals surface area contributed by atoms with Gasteiger partial charge in [0.15, 0.2) is 5.65 Å². The lowest BCUT2D eigenvalue weighted by molar-refractivity contribution is 0.631. The van der Waals surface area contributed by atoms with E-state index in [0.29, 0.717) is 22.5 Å². The number of nitrogens with zero attached hydrogens (tertiary/aromatic N) is 2. The maximum atomic E-state index is 13.8. The fourth-order valence-corrected chi connectivity index (χ4v) is 1.97. The molecule has 0 atom stereocenters. The average Bonchev–Trinajstić information content (AvgIpc) is 2.73. The first-order valence-electron chi connectivity index (χ1n) is 5.49. The van der Waals surface area contributed by atoms with Crippen molar-refractivity contribution >= 4 is 5.65 Å². The predicted molar refractivity (Wildman–Crippen MR) is 65.9 cm³/mol. The summed E-state index contributed by atoms with van der Waals surface area (Å²) >= 11 is 0. The highest BCUT2D eigenvalue weighted by Crippen LogP contribution is 2.25. The number of aromatic nitrogens is 3. The third kappa shape index (κ3) is 1.52. The molecule has 3 aromatic rings. The zero-order chi connectivity index (χ0) is 12.7. The highest BCUT2D eigenvalue weighted by Gasteiger charge is 2.12. The molecule has 2 aromatic heterocycles. The topological polar surface area (TPSA) is 50.2 Å². The number of hydrogen-bond donors (Lipinski definition) is 1. The summed E-state index contributed by atoms with van der Waals surface area (Å²) in [7, 11) is 0. The van der Waals surface area contributed by atoms with Crippen LogP contribution in [0.3, 0.4) is 0 Å². The molecule has 0 bridgehead atoms. The molecule has 0 fully saturated rings. The number of fused-ring (bicyclic) bond motifs is 1. The zero-order valence-corrected chi connectivity index (χ0v) is 9.64. The second-order valence-electron chi connectivity index (χ2n) is 4.06. The van der Waals surface area contributed by atoms with Crippen LogP contribution >= 0.6 is 0 Å². The van der Waals surface area contributed by atoms with Crippen molar-refractivity contribution in [3.63, 3.8) is 0 Å². The minimum atomic E-state index is -0.338. The van der Waals surface area contributed by atoms with E-state index in [1.54, 1.807) is 31.3 Å². The lowest BCUT2D eigenvalue weighted by atomic mass is 10.1. The molecule has 0 aliphatic rings. The molecule has 0 aliphatic carbocycles. The molecule has 1 N–H and O–H groups in total.